The number of nitrogens with zero attached hydrogens (tertiary/aromatic N) is 2. The average Bonchev–Trinajstić information content (AvgIpc) is 2.97. The Hall–Kier alpha value is -1.96. The molecule has 2 N–H and O–H groups in total. The van der Waals surface area contributed by atoms with Gasteiger partial charge in [0.1, 0.15) is 11.7 Å². The summed E-state index contributed by atoms with van der Waals surface area (Å²) in [6, 6.07) is -0.648. The maximum atomic E-state index is 12.2. The average molecular weight is 311 g/mol. The Bertz CT molecular complexity index is 551. The summed E-state index contributed by atoms with van der Waals surface area (Å²) in [6.45, 7) is 3.07. The lowest BCUT2D eigenvalue weighted by atomic mass is 10.1. The molecule has 8 heteroatoms. The number of carboxylic acids is 1. The molecule has 1 aliphatic heterocycles. The number of carbonyl (C=O) groups is 3. The summed E-state index contributed by atoms with van der Waals surface area (Å²) in [6.07, 6.45) is 3.10. The van der Waals surface area contributed by atoms with Gasteiger partial charge in [-0.2, -0.15) is 0 Å². The molecule has 1 unspecified atom stereocenters. The Morgan fingerprint density at radius 1 is 1.33 bits per heavy atom. The molecule has 0 saturated carbocycles. The summed E-state index contributed by atoms with van der Waals surface area (Å²) < 4.78 is 0. The number of amides is 2. The number of carboxylic acid groups (broad SMARTS) is 1. The Morgan fingerprint density at radius 3 is 2.57 bits per heavy atom. The van der Waals surface area contributed by atoms with E-state index >= 15 is 0 Å². The van der Waals surface area contributed by atoms with Crippen LogP contribution in [0.2, 0.25) is 0 Å². The molecule has 7 nitrogen and oxygen atoms in total. The molecule has 1 aromatic heterocycles. The molecular weight excluding hydrogens is 294 g/mol. The monoisotopic (exact) mass is 311 g/mol. The van der Waals surface area contributed by atoms with Gasteiger partial charge < -0.3 is 15.3 Å². The topological polar surface area (TPSA) is 99.6 Å². The Labute approximate surface area is 126 Å². The van der Waals surface area contributed by atoms with Gasteiger partial charge in [-0.1, -0.05) is 0 Å². The zero-order valence-corrected chi connectivity index (χ0v) is 12.5. The van der Waals surface area contributed by atoms with Gasteiger partial charge >= 0.3 is 5.97 Å². The van der Waals surface area contributed by atoms with Crippen LogP contribution in [-0.2, 0) is 4.79 Å². The van der Waals surface area contributed by atoms with Crippen molar-refractivity contribution in [3.05, 3.63) is 16.1 Å². The van der Waals surface area contributed by atoms with Gasteiger partial charge in [-0.05, 0) is 26.2 Å². The summed E-state index contributed by atoms with van der Waals surface area (Å²) >= 11 is 0.883. The summed E-state index contributed by atoms with van der Waals surface area (Å²) in [7, 11) is 0. The summed E-state index contributed by atoms with van der Waals surface area (Å²) in [4.78, 5) is 40.3. The molecule has 0 spiro atoms. The molecule has 21 heavy (non-hydrogen) atoms. The number of carbonyl (C=O) groups excluding carboxylic acids is 2. The van der Waals surface area contributed by atoms with Crippen LogP contribution in [0.1, 0.15) is 46.5 Å². The number of nitrogens with one attached hydrogen (secondary N) is 1. The van der Waals surface area contributed by atoms with E-state index in [4.69, 9.17) is 5.11 Å². The fourth-order valence-corrected chi connectivity index (χ4v) is 2.83. The van der Waals surface area contributed by atoms with E-state index < -0.39 is 17.9 Å². The van der Waals surface area contributed by atoms with Gasteiger partial charge in [0, 0.05) is 18.5 Å². The minimum absolute atomic E-state index is 0.0238. The molecule has 1 atom stereocenters. The van der Waals surface area contributed by atoms with Crippen LogP contribution in [0.5, 0.6) is 0 Å². The SMILES string of the molecule is CC(NC(=O)c1csc(C(=O)O)n1)C(=O)N1CCCCC1. The van der Waals surface area contributed by atoms with Crippen molar-refractivity contribution in [1.82, 2.24) is 15.2 Å². The number of aromatic nitrogens is 1. The highest BCUT2D eigenvalue weighted by Gasteiger charge is 2.24. The molecule has 0 bridgehead atoms. The summed E-state index contributed by atoms with van der Waals surface area (Å²) in [5, 5.41) is 12.6. The van der Waals surface area contributed by atoms with Gasteiger partial charge in [-0.25, -0.2) is 9.78 Å². The molecule has 114 valence electrons. The highest BCUT2D eigenvalue weighted by atomic mass is 32.1. The van der Waals surface area contributed by atoms with E-state index in [1.54, 1.807) is 11.8 Å². The van der Waals surface area contributed by atoms with E-state index in [2.05, 4.69) is 10.3 Å². The zero-order valence-electron chi connectivity index (χ0n) is 11.7. The smallest absolute Gasteiger partial charge is 0.365 e. The zero-order chi connectivity index (χ0) is 15.4. The predicted octanol–water partition coefficient (Wildman–Crippen LogP) is 0.972. The van der Waals surface area contributed by atoms with Crippen LogP contribution in [-0.4, -0.2) is 51.9 Å². The number of hydrogen-bond acceptors (Lipinski definition) is 5. The van der Waals surface area contributed by atoms with Crippen LogP contribution < -0.4 is 5.32 Å². The second-order valence-corrected chi connectivity index (χ2v) is 5.78. The molecule has 2 rings (SSSR count). The van der Waals surface area contributed by atoms with E-state index in [9.17, 15) is 14.4 Å². The minimum Gasteiger partial charge on any atom is -0.476 e. The number of aromatic carboxylic acids is 1. The highest BCUT2D eigenvalue weighted by Crippen LogP contribution is 2.12. The number of likely N-dealkylation sites (tertiary alicyclic amines) is 1. The van der Waals surface area contributed by atoms with E-state index in [1.807, 2.05) is 0 Å². The van der Waals surface area contributed by atoms with Crippen LogP contribution in [0.4, 0.5) is 0 Å². The largest absolute Gasteiger partial charge is 0.476 e. The van der Waals surface area contributed by atoms with Gasteiger partial charge in [-0.15, -0.1) is 11.3 Å². The second kappa shape index (κ2) is 6.66. The lowest BCUT2D eigenvalue weighted by Crippen LogP contribution is -2.48. The van der Waals surface area contributed by atoms with Crippen LogP contribution in [0.3, 0.4) is 0 Å². The third kappa shape index (κ3) is 3.78. The molecule has 0 radical (unpaired) electrons. The molecule has 2 heterocycles. The van der Waals surface area contributed by atoms with Gasteiger partial charge in [0.2, 0.25) is 10.9 Å². The first-order valence-electron chi connectivity index (χ1n) is 6.77. The third-order valence-electron chi connectivity index (χ3n) is 3.31. The van der Waals surface area contributed by atoms with Crippen molar-refractivity contribution in [3.8, 4) is 0 Å². The first-order chi connectivity index (χ1) is 9.99. The number of hydrogen-bond donors (Lipinski definition) is 2. The van der Waals surface area contributed by atoms with Gasteiger partial charge in [0.05, 0.1) is 0 Å². The number of rotatable bonds is 4. The van der Waals surface area contributed by atoms with Crippen molar-refractivity contribution in [3.63, 3.8) is 0 Å². The predicted molar refractivity (Wildman–Crippen MR) is 76.4 cm³/mol. The Morgan fingerprint density at radius 2 is 2.00 bits per heavy atom. The lowest BCUT2D eigenvalue weighted by Gasteiger charge is -2.29. The second-order valence-electron chi connectivity index (χ2n) is 4.92. The molecule has 1 saturated heterocycles. The first kappa shape index (κ1) is 15.4. The van der Waals surface area contributed by atoms with Crippen molar-refractivity contribution in [2.45, 2.75) is 32.2 Å². The van der Waals surface area contributed by atoms with Crippen LogP contribution >= 0.6 is 11.3 Å². The lowest BCUT2D eigenvalue weighted by molar-refractivity contribution is -0.133. The minimum atomic E-state index is -1.17. The van der Waals surface area contributed by atoms with Gasteiger partial charge in [0.25, 0.3) is 5.91 Å². The van der Waals surface area contributed by atoms with Crippen LogP contribution in [0.15, 0.2) is 5.38 Å². The molecule has 1 aliphatic rings. The van der Waals surface area contributed by atoms with E-state index in [-0.39, 0.29) is 16.6 Å². The fourth-order valence-electron chi connectivity index (χ4n) is 2.20. The van der Waals surface area contributed by atoms with Crippen LogP contribution in [0, 0.1) is 0 Å². The molecule has 0 aliphatic carbocycles. The van der Waals surface area contributed by atoms with Crippen molar-refractivity contribution >= 4 is 29.1 Å². The molecule has 0 aromatic carbocycles. The molecule has 2 amide bonds. The van der Waals surface area contributed by atoms with E-state index in [0.717, 1.165) is 43.7 Å². The quantitative estimate of drug-likeness (QED) is 0.863. The van der Waals surface area contributed by atoms with Crippen molar-refractivity contribution in [2.75, 3.05) is 13.1 Å². The first-order valence-corrected chi connectivity index (χ1v) is 7.65. The molecule has 1 aromatic rings. The fraction of sp³-hybridized carbons (Fsp3) is 0.538. The van der Waals surface area contributed by atoms with Crippen molar-refractivity contribution < 1.29 is 19.5 Å². The summed E-state index contributed by atoms with van der Waals surface area (Å²) in [5.74, 6) is -1.81. The standard InChI is InChI=1S/C13H17N3O4S/c1-8(12(18)16-5-3-2-4-6-16)14-10(17)9-7-21-11(15-9)13(19)20/h7-8H,2-6H2,1H3,(H,14,17)(H,19,20). The molecule has 1 fully saturated rings. The van der Waals surface area contributed by atoms with Crippen molar-refractivity contribution in [2.24, 2.45) is 0 Å². The normalized spacial score (nSPS) is 16.3. The van der Waals surface area contributed by atoms with E-state index in [0.29, 0.717) is 0 Å². The van der Waals surface area contributed by atoms with Crippen LogP contribution in [0.25, 0.3) is 0 Å². The summed E-state index contributed by atoms with van der Waals surface area (Å²) in [5.41, 5.74) is 0.0238. The van der Waals surface area contributed by atoms with Crippen molar-refractivity contribution in [1.29, 1.82) is 0 Å². The Balaban J connectivity index is 1.94. The third-order valence-corrected chi connectivity index (χ3v) is 4.14. The number of thiazole rings is 1. The van der Waals surface area contributed by atoms with E-state index in [1.165, 1.54) is 5.38 Å². The Kier molecular flexibility index (Phi) is 4.89. The highest BCUT2D eigenvalue weighted by molar-refractivity contribution is 7.11. The van der Waals surface area contributed by atoms with Gasteiger partial charge in [0.15, 0.2) is 0 Å². The maximum Gasteiger partial charge on any atom is 0.365 e. The molecular formula is C13H17N3O4S. The maximum absolute atomic E-state index is 12.2. The van der Waals surface area contributed by atoms with Gasteiger partial charge in [-0.3, -0.25) is 9.59 Å². The number of piperidine rings is 1.